The van der Waals surface area contributed by atoms with Crippen molar-refractivity contribution in [2.24, 2.45) is 5.73 Å². The molecule has 0 bridgehead atoms. The van der Waals surface area contributed by atoms with Gasteiger partial charge in [0.1, 0.15) is 6.04 Å². The van der Waals surface area contributed by atoms with Gasteiger partial charge < -0.3 is 15.0 Å². The minimum absolute atomic E-state index is 0.396. The number of imidazole rings is 1. The molecule has 2 N–H and O–H groups in total. The average molecular weight is 169 g/mol. The number of methoxy groups -OCH3 is 1. The van der Waals surface area contributed by atoms with Crippen molar-refractivity contribution in [3.8, 4) is 0 Å². The van der Waals surface area contributed by atoms with E-state index in [1.165, 1.54) is 7.11 Å². The maximum atomic E-state index is 10.9. The monoisotopic (exact) mass is 169 g/mol. The summed E-state index contributed by atoms with van der Waals surface area (Å²) in [7, 11) is 1.32. The number of esters is 1. The molecule has 0 aromatic carbocycles. The summed E-state index contributed by atoms with van der Waals surface area (Å²) in [4.78, 5) is 14.7. The first kappa shape index (κ1) is 8.73. The fourth-order valence-electron chi connectivity index (χ4n) is 0.848. The van der Waals surface area contributed by atoms with Gasteiger partial charge in [0.2, 0.25) is 0 Å². The van der Waals surface area contributed by atoms with E-state index < -0.39 is 12.0 Å². The molecule has 0 aliphatic heterocycles. The molecule has 1 aromatic heterocycles. The van der Waals surface area contributed by atoms with Gasteiger partial charge in [-0.2, -0.15) is 0 Å². The Bertz CT molecular complexity index is 245. The van der Waals surface area contributed by atoms with Gasteiger partial charge in [0.15, 0.2) is 0 Å². The Morgan fingerprint density at radius 1 is 1.83 bits per heavy atom. The molecule has 0 aliphatic carbocycles. The second kappa shape index (κ2) is 3.87. The van der Waals surface area contributed by atoms with E-state index >= 15 is 0 Å². The zero-order chi connectivity index (χ0) is 8.97. The molecule has 5 nitrogen and oxygen atoms in total. The van der Waals surface area contributed by atoms with Crippen LogP contribution in [0.5, 0.6) is 0 Å². The Morgan fingerprint density at radius 3 is 3.08 bits per heavy atom. The number of aromatic nitrogens is 2. The lowest BCUT2D eigenvalue weighted by atomic mass is 10.3. The Balaban J connectivity index is 2.47. The molecule has 0 fully saturated rings. The van der Waals surface area contributed by atoms with Gasteiger partial charge in [0.25, 0.3) is 0 Å². The lowest BCUT2D eigenvalue weighted by Crippen LogP contribution is -2.35. The number of carbonyl (C=O) groups is 1. The Morgan fingerprint density at radius 2 is 2.58 bits per heavy atom. The van der Waals surface area contributed by atoms with E-state index in [0.29, 0.717) is 6.54 Å². The molecule has 1 atom stereocenters. The summed E-state index contributed by atoms with van der Waals surface area (Å²) in [5.74, 6) is -0.413. The van der Waals surface area contributed by atoms with Gasteiger partial charge in [-0.1, -0.05) is 0 Å². The van der Waals surface area contributed by atoms with Crippen molar-refractivity contribution in [3.63, 3.8) is 0 Å². The van der Waals surface area contributed by atoms with Crippen molar-refractivity contribution in [1.82, 2.24) is 9.55 Å². The fourth-order valence-corrected chi connectivity index (χ4v) is 0.848. The van der Waals surface area contributed by atoms with Gasteiger partial charge in [0.05, 0.1) is 13.4 Å². The van der Waals surface area contributed by atoms with E-state index in [2.05, 4.69) is 9.72 Å². The molecule has 0 saturated carbocycles. The lowest BCUT2D eigenvalue weighted by Gasteiger charge is -2.08. The number of hydrogen-bond acceptors (Lipinski definition) is 4. The minimum atomic E-state index is -0.621. The van der Waals surface area contributed by atoms with Crippen LogP contribution in [0.25, 0.3) is 0 Å². The Labute approximate surface area is 70.1 Å². The highest BCUT2D eigenvalue weighted by Gasteiger charge is 2.13. The number of rotatable bonds is 3. The first-order valence-electron chi connectivity index (χ1n) is 3.53. The summed E-state index contributed by atoms with van der Waals surface area (Å²) < 4.78 is 6.19. The molecule has 1 heterocycles. The topological polar surface area (TPSA) is 70.1 Å². The highest BCUT2D eigenvalue weighted by Crippen LogP contribution is 1.91. The molecule has 0 spiro atoms. The van der Waals surface area contributed by atoms with Crippen LogP contribution >= 0.6 is 0 Å². The summed E-state index contributed by atoms with van der Waals surface area (Å²) in [5.41, 5.74) is 5.50. The van der Waals surface area contributed by atoms with Gasteiger partial charge in [0, 0.05) is 18.9 Å². The van der Waals surface area contributed by atoms with Crippen molar-refractivity contribution < 1.29 is 9.53 Å². The number of nitrogens with zero attached hydrogens (tertiary/aromatic N) is 2. The fraction of sp³-hybridized carbons (Fsp3) is 0.429. The van der Waals surface area contributed by atoms with E-state index in [4.69, 9.17) is 5.73 Å². The normalized spacial score (nSPS) is 12.5. The first-order chi connectivity index (χ1) is 5.74. The molecule has 1 rings (SSSR count). The van der Waals surface area contributed by atoms with Crippen LogP contribution in [0, 0.1) is 0 Å². The molecule has 0 saturated heterocycles. The van der Waals surface area contributed by atoms with Crippen LogP contribution in [0.4, 0.5) is 0 Å². The second-order valence-corrected chi connectivity index (χ2v) is 2.39. The lowest BCUT2D eigenvalue weighted by molar-refractivity contribution is -0.142. The summed E-state index contributed by atoms with van der Waals surface area (Å²) in [6.07, 6.45) is 4.97. The number of nitrogens with two attached hydrogens (primary N) is 1. The summed E-state index contributed by atoms with van der Waals surface area (Å²) >= 11 is 0. The van der Waals surface area contributed by atoms with E-state index in [1.807, 2.05) is 0 Å². The third-order valence-electron chi connectivity index (χ3n) is 1.47. The SMILES string of the molecule is COC(=O)[C@H](N)Cn1ccnc1. The van der Waals surface area contributed by atoms with Crippen LogP contribution in [0.1, 0.15) is 0 Å². The quantitative estimate of drug-likeness (QED) is 0.612. The largest absolute Gasteiger partial charge is 0.468 e. The summed E-state index contributed by atoms with van der Waals surface area (Å²) in [6.45, 7) is 0.396. The number of hydrogen-bond donors (Lipinski definition) is 1. The van der Waals surface area contributed by atoms with E-state index in [1.54, 1.807) is 23.3 Å². The van der Waals surface area contributed by atoms with Gasteiger partial charge >= 0.3 is 5.97 Å². The third-order valence-corrected chi connectivity index (χ3v) is 1.47. The molecule has 0 radical (unpaired) electrons. The van der Waals surface area contributed by atoms with Crippen LogP contribution in [0.15, 0.2) is 18.7 Å². The van der Waals surface area contributed by atoms with Crippen LogP contribution in [0.2, 0.25) is 0 Å². The molecule has 5 heteroatoms. The zero-order valence-electron chi connectivity index (χ0n) is 6.80. The van der Waals surface area contributed by atoms with Gasteiger partial charge in [-0.05, 0) is 0 Å². The predicted octanol–water partition coefficient (Wildman–Crippen LogP) is -0.617. The highest BCUT2D eigenvalue weighted by atomic mass is 16.5. The predicted molar refractivity (Wildman–Crippen MR) is 42.2 cm³/mol. The highest BCUT2D eigenvalue weighted by molar-refractivity contribution is 5.75. The third kappa shape index (κ3) is 2.06. The van der Waals surface area contributed by atoms with Gasteiger partial charge in [-0.15, -0.1) is 0 Å². The van der Waals surface area contributed by atoms with E-state index in [-0.39, 0.29) is 0 Å². The molecule has 0 unspecified atom stereocenters. The van der Waals surface area contributed by atoms with Crippen molar-refractivity contribution in [2.75, 3.05) is 7.11 Å². The van der Waals surface area contributed by atoms with E-state index in [0.717, 1.165) is 0 Å². The van der Waals surface area contributed by atoms with E-state index in [9.17, 15) is 4.79 Å². The van der Waals surface area contributed by atoms with Crippen LogP contribution in [-0.2, 0) is 16.1 Å². The van der Waals surface area contributed by atoms with Crippen molar-refractivity contribution >= 4 is 5.97 Å². The molecule has 1 aromatic rings. The van der Waals surface area contributed by atoms with Gasteiger partial charge in [-0.3, -0.25) is 4.79 Å². The standard InChI is InChI=1S/C7H11N3O2/c1-12-7(11)6(8)4-10-3-2-9-5-10/h2-3,5-6H,4,8H2,1H3/t6-/m1/s1. The molecule has 0 aliphatic rings. The summed E-state index contributed by atoms with van der Waals surface area (Å²) in [5, 5.41) is 0. The Kier molecular flexibility index (Phi) is 2.82. The molecular formula is C7H11N3O2. The molecule has 12 heavy (non-hydrogen) atoms. The average Bonchev–Trinajstić information content (AvgIpc) is 2.55. The molecular weight excluding hydrogens is 158 g/mol. The zero-order valence-corrected chi connectivity index (χ0v) is 6.80. The van der Waals surface area contributed by atoms with Crippen LogP contribution in [-0.4, -0.2) is 28.7 Å². The Hall–Kier alpha value is -1.36. The minimum Gasteiger partial charge on any atom is -0.468 e. The number of carbonyl (C=O) groups excluding carboxylic acids is 1. The smallest absolute Gasteiger partial charge is 0.324 e. The number of ether oxygens (including phenoxy) is 1. The second-order valence-electron chi connectivity index (χ2n) is 2.39. The summed E-state index contributed by atoms with van der Waals surface area (Å²) in [6, 6.07) is -0.621. The molecule has 0 amide bonds. The maximum Gasteiger partial charge on any atom is 0.324 e. The van der Waals surface area contributed by atoms with Gasteiger partial charge in [-0.25, -0.2) is 4.98 Å². The molecule has 66 valence electrons. The van der Waals surface area contributed by atoms with Crippen molar-refractivity contribution in [3.05, 3.63) is 18.7 Å². The van der Waals surface area contributed by atoms with Crippen molar-refractivity contribution in [1.29, 1.82) is 0 Å². The van der Waals surface area contributed by atoms with Crippen LogP contribution < -0.4 is 5.73 Å². The first-order valence-corrected chi connectivity index (χ1v) is 3.53. The maximum absolute atomic E-state index is 10.9. The van der Waals surface area contributed by atoms with Crippen molar-refractivity contribution in [2.45, 2.75) is 12.6 Å². The van der Waals surface area contributed by atoms with Crippen LogP contribution in [0.3, 0.4) is 0 Å².